The third-order valence-electron chi connectivity index (χ3n) is 6.31. The molecule has 0 saturated carbocycles. The van der Waals surface area contributed by atoms with Crippen molar-refractivity contribution in [1.29, 1.82) is 0 Å². The van der Waals surface area contributed by atoms with Crippen LogP contribution in [0.15, 0.2) is 102 Å². The predicted molar refractivity (Wildman–Crippen MR) is 139 cm³/mol. The van der Waals surface area contributed by atoms with Crippen LogP contribution in [0.25, 0.3) is 0 Å². The van der Waals surface area contributed by atoms with Gasteiger partial charge < -0.3 is 10.1 Å². The second-order valence-electron chi connectivity index (χ2n) is 8.85. The first-order valence-corrected chi connectivity index (χ1v) is 12.9. The summed E-state index contributed by atoms with van der Waals surface area (Å²) in [6.45, 7) is 1.84. The molecule has 7 heteroatoms. The number of ether oxygens (including phenoxy) is 1. The van der Waals surface area contributed by atoms with Crippen LogP contribution in [0.3, 0.4) is 0 Å². The van der Waals surface area contributed by atoms with E-state index in [2.05, 4.69) is 5.32 Å². The van der Waals surface area contributed by atoms with Crippen molar-refractivity contribution in [3.8, 4) is 0 Å². The number of nitrogens with zero attached hydrogens (tertiary/aromatic N) is 1. The fraction of sp³-hybridized carbons (Fsp3) is 0.207. The van der Waals surface area contributed by atoms with Crippen LogP contribution < -0.4 is 5.32 Å². The van der Waals surface area contributed by atoms with E-state index in [0.29, 0.717) is 5.75 Å². The van der Waals surface area contributed by atoms with Gasteiger partial charge in [-0.25, -0.2) is 4.79 Å². The third-order valence-corrected chi connectivity index (χ3v) is 7.73. The molecule has 3 aromatic carbocycles. The predicted octanol–water partition coefficient (Wildman–Crippen LogP) is 4.24. The van der Waals surface area contributed by atoms with Crippen molar-refractivity contribution < 1.29 is 19.1 Å². The van der Waals surface area contributed by atoms with Crippen LogP contribution in [0.4, 0.5) is 0 Å². The Hall–Kier alpha value is -3.84. The van der Waals surface area contributed by atoms with Crippen molar-refractivity contribution in [1.82, 2.24) is 10.2 Å². The second kappa shape index (κ2) is 10.4. The molecule has 3 aromatic rings. The molecule has 1 N–H and O–H groups in total. The number of esters is 1. The summed E-state index contributed by atoms with van der Waals surface area (Å²) >= 11 is 1.54. The van der Waals surface area contributed by atoms with Crippen molar-refractivity contribution in [3.63, 3.8) is 0 Å². The Morgan fingerprint density at radius 3 is 2.08 bits per heavy atom. The number of thioether (sulfide) groups is 1. The third kappa shape index (κ3) is 4.79. The molecule has 6 nitrogen and oxygen atoms in total. The quantitative estimate of drug-likeness (QED) is 0.390. The van der Waals surface area contributed by atoms with E-state index in [1.54, 1.807) is 0 Å². The monoisotopic (exact) mass is 498 g/mol. The number of β-lactam (4-membered cyclic amide) rings is 1. The molecule has 5 rings (SSSR count). The van der Waals surface area contributed by atoms with E-state index in [4.69, 9.17) is 4.74 Å². The number of carbonyl (C=O) groups is 3. The number of rotatable bonds is 7. The van der Waals surface area contributed by atoms with E-state index >= 15 is 0 Å². The van der Waals surface area contributed by atoms with Gasteiger partial charge in [0.2, 0.25) is 5.91 Å². The molecule has 0 unspecified atom stereocenters. The van der Waals surface area contributed by atoms with Gasteiger partial charge in [0.15, 0.2) is 6.10 Å². The Labute approximate surface area is 214 Å². The summed E-state index contributed by atoms with van der Waals surface area (Å²) in [5.41, 5.74) is 3.62. The highest BCUT2D eigenvalue weighted by Gasteiger charge is 2.54. The largest absolute Gasteiger partial charge is 0.448 e. The number of carbonyl (C=O) groups excluding carboxylic acids is 3. The summed E-state index contributed by atoms with van der Waals surface area (Å²) in [4.78, 5) is 40.7. The van der Waals surface area contributed by atoms with Crippen molar-refractivity contribution >= 4 is 29.5 Å². The first kappa shape index (κ1) is 23.9. The van der Waals surface area contributed by atoms with Crippen LogP contribution >= 0.6 is 11.8 Å². The van der Waals surface area contributed by atoms with Gasteiger partial charge in [-0.1, -0.05) is 91.0 Å². The minimum Gasteiger partial charge on any atom is -0.448 e. The van der Waals surface area contributed by atoms with Crippen molar-refractivity contribution in [2.24, 2.45) is 0 Å². The molecular weight excluding hydrogens is 472 g/mol. The van der Waals surface area contributed by atoms with Crippen molar-refractivity contribution in [2.45, 2.75) is 30.9 Å². The van der Waals surface area contributed by atoms with Crippen LogP contribution in [0, 0.1) is 0 Å². The van der Waals surface area contributed by atoms with Gasteiger partial charge in [0.1, 0.15) is 17.1 Å². The summed E-state index contributed by atoms with van der Waals surface area (Å²) < 4.78 is 6.04. The van der Waals surface area contributed by atoms with Gasteiger partial charge >= 0.3 is 5.97 Å². The topological polar surface area (TPSA) is 75.7 Å². The van der Waals surface area contributed by atoms with Gasteiger partial charge in [-0.3, -0.25) is 14.5 Å². The highest BCUT2D eigenvalue weighted by Crippen LogP contribution is 2.41. The smallest absolute Gasteiger partial charge is 0.356 e. The zero-order valence-electron chi connectivity index (χ0n) is 19.8. The van der Waals surface area contributed by atoms with Gasteiger partial charge in [0, 0.05) is 5.75 Å². The van der Waals surface area contributed by atoms with Gasteiger partial charge in [-0.15, -0.1) is 11.8 Å². The van der Waals surface area contributed by atoms with E-state index in [1.807, 2.05) is 97.9 Å². The molecule has 2 amide bonds. The van der Waals surface area contributed by atoms with Crippen LogP contribution in [-0.2, 0) is 25.5 Å². The first-order chi connectivity index (χ1) is 17.5. The fourth-order valence-electron chi connectivity index (χ4n) is 4.52. The maximum absolute atomic E-state index is 13.5. The SMILES string of the molecule is CC1=C(C(=O)OC(c2ccccc2)c2ccccc2)N2C(=O)[C@H](NC(=O)Cc3ccccc3)[C@@H]2SC1. The molecule has 0 spiro atoms. The molecule has 1 saturated heterocycles. The standard InChI is InChI=1S/C29H26N2O4S/c1-19-18-36-28-24(30-23(32)17-20-11-5-2-6-12-20)27(33)31(28)25(19)29(34)35-26(21-13-7-3-8-14-21)22-15-9-4-10-16-22/h2-16,24,26,28H,17-18H2,1H3,(H,30,32)/t24-,28-/m0/s1. The zero-order valence-corrected chi connectivity index (χ0v) is 20.6. The number of nitrogens with one attached hydrogen (secondary N) is 1. The number of hydrogen-bond acceptors (Lipinski definition) is 5. The van der Waals surface area contributed by atoms with E-state index in [9.17, 15) is 14.4 Å². The Bertz CT molecular complexity index is 1260. The lowest BCUT2D eigenvalue weighted by Crippen LogP contribution is -2.70. The number of fused-ring (bicyclic) bond motifs is 1. The molecular formula is C29H26N2O4S. The zero-order chi connectivity index (χ0) is 25.1. The molecule has 2 aliphatic rings. The lowest BCUT2D eigenvalue weighted by Gasteiger charge is -2.49. The van der Waals surface area contributed by atoms with Gasteiger partial charge in [-0.05, 0) is 29.2 Å². The van der Waals surface area contributed by atoms with Crippen LogP contribution in [0.2, 0.25) is 0 Å². The maximum atomic E-state index is 13.5. The van der Waals surface area contributed by atoms with Crippen LogP contribution in [0.5, 0.6) is 0 Å². The number of amides is 2. The molecule has 2 atom stereocenters. The minimum absolute atomic E-state index is 0.196. The van der Waals surface area contributed by atoms with E-state index in [-0.39, 0.29) is 29.3 Å². The molecule has 0 radical (unpaired) electrons. The Balaban J connectivity index is 1.32. The highest BCUT2D eigenvalue weighted by molar-refractivity contribution is 8.00. The van der Waals surface area contributed by atoms with Crippen molar-refractivity contribution in [2.75, 3.05) is 5.75 Å². The molecule has 2 heterocycles. The highest BCUT2D eigenvalue weighted by atomic mass is 32.2. The van der Waals surface area contributed by atoms with E-state index in [0.717, 1.165) is 22.3 Å². The molecule has 2 aliphatic heterocycles. The summed E-state index contributed by atoms with van der Waals surface area (Å²) in [6, 6.07) is 27.8. The lowest BCUT2D eigenvalue weighted by atomic mass is 10.0. The van der Waals surface area contributed by atoms with E-state index in [1.165, 1.54) is 16.7 Å². The molecule has 36 heavy (non-hydrogen) atoms. The van der Waals surface area contributed by atoms with Crippen molar-refractivity contribution in [3.05, 3.63) is 119 Å². The average Bonchev–Trinajstić information content (AvgIpc) is 2.91. The molecule has 182 valence electrons. The van der Waals surface area contributed by atoms with Gasteiger partial charge in [0.05, 0.1) is 6.42 Å². The number of benzene rings is 3. The Morgan fingerprint density at radius 1 is 0.944 bits per heavy atom. The maximum Gasteiger partial charge on any atom is 0.356 e. The molecule has 0 aliphatic carbocycles. The summed E-state index contributed by atoms with van der Waals surface area (Å²) in [7, 11) is 0. The summed E-state index contributed by atoms with van der Waals surface area (Å²) in [5, 5.41) is 2.52. The Kier molecular flexibility index (Phi) is 6.91. The van der Waals surface area contributed by atoms with E-state index < -0.39 is 18.1 Å². The Morgan fingerprint density at radius 2 is 1.50 bits per heavy atom. The minimum atomic E-state index is -0.666. The fourth-order valence-corrected chi connectivity index (χ4v) is 5.81. The van der Waals surface area contributed by atoms with Gasteiger partial charge in [0.25, 0.3) is 5.91 Å². The average molecular weight is 499 g/mol. The van der Waals surface area contributed by atoms with Crippen LogP contribution in [0.1, 0.15) is 29.7 Å². The lowest BCUT2D eigenvalue weighted by molar-refractivity contribution is -0.154. The molecule has 0 bridgehead atoms. The van der Waals surface area contributed by atoms with Gasteiger partial charge in [-0.2, -0.15) is 0 Å². The first-order valence-electron chi connectivity index (χ1n) is 11.8. The molecule has 0 aromatic heterocycles. The summed E-state index contributed by atoms with van der Waals surface area (Å²) in [6.07, 6.45) is -0.410. The normalized spacial score (nSPS) is 18.9. The summed E-state index contributed by atoms with van der Waals surface area (Å²) in [5.74, 6) is -0.483. The number of hydrogen-bond donors (Lipinski definition) is 1. The van der Waals surface area contributed by atoms with Crippen LogP contribution in [-0.4, -0.2) is 39.9 Å². The molecule has 1 fully saturated rings. The second-order valence-corrected chi connectivity index (χ2v) is 9.96.